The molecule has 0 radical (unpaired) electrons. The monoisotopic (exact) mass is 228 g/mol. The number of rotatable bonds is 1. The fourth-order valence-electron chi connectivity index (χ4n) is 2.28. The van der Waals surface area contributed by atoms with Crippen LogP contribution in [0.2, 0.25) is 0 Å². The summed E-state index contributed by atoms with van der Waals surface area (Å²) in [5.41, 5.74) is 4.72. The third kappa shape index (κ3) is 1.98. The molecule has 0 fully saturated rings. The molecule has 88 valence electrons. The lowest BCUT2D eigenvalue weighted by Crippen LogP contribution is -2.16. The topological polar surface area (TPSA) is 38.1 Å². The maximum atomic E-state index is 5.46. The van der Waals surface area contributed by atoms with Crippen LogP contribution in [0, 0.1) is 6.92 Å². The average Bonchev–Trinajstić information content (AvgIpc) is 2.60. The van der Waals surface area contributed by atoms with E-state index in [1.165, 1.54) is 11.1 Å². The molecule has 2 heterocycles. The van der Waals surface area contributed by atoms with Crippen molar-refractivity contribution >= 4 is 0 Å². The molecule has 17 heavy (non-hydrogen) atoms. The fraction of sp³-hybridized carbons (Fsp3) is 0.357. The molecule has 1 aliphatic rings. The van der Waals surface area contributed by atoms with Gasteiger partial charge in [0, 0.05) is 24.1 Å². The van der Waals surface area contributed by atoms with E-state index in [0.717, 1.165) is 42.9 Å². The molecule has 2 aromatic rings. The number of nitrogens with one attached hydrogen (secondary N) is 1. The Morgan fingerprint density at radius 3 is 2.71 bits per heavy atom. The molecule has 3 rings (SSSR count). The molecule has 3 nitrogen and oxygen atoms in total. The van der Waals surface area contributed by atoms with Crippen LogP contribution >= 0.6 is 0 Å². The Balaban J connectivity index is 2.03. The highest BCUT2D eigenvalue weighted by molar-refractivity contribution is 5.64. The van der Waals surface area contributed by atoms with E-state index in [-0.39, 0.29) is 0 Å². The van der Waals surface area contributed by atoms with Crippen LogP contribution in [0.5, 0.6) is 0 Å². The van der Waals surface area contributed by atoms with E-state index in [0.29, 0.717) is 0 Å². The van der Waals surface area contributed by atoms with E-state index >= 15 is 0 Å². The summed E-state index contributed by atoms with van der Waals surface area (Å²) in [5, 5.41) is 7.62. The minimum absolute atomic E-state index is 0.939. The van der Waals surface area contributed by atoms with Crippen LogP contribution in [-0.2, 0) is 12.8 Å². The second kappa shape index (κ2) is 4.34. The summed E-state index contributed by atoms with van der Waals surface area (Å²) in [6.07, 6.45) is 1.94. The van der Waals surface area contributed by atoms with Gasteiger partial charge in [0.1, 0.15) is 11.5 Å². The third-order valence-electron chi connectivity index (χ3n) is 3.28. The number of aromatic nitrogens is 1. The predicted octanol–water partition coefficient (Wildman–Crippen LogP) is 2.34. The van der Waals surface area contributed by atoms with E-state index in [2.05, 4.69) is 41.7 Å². The number of nitrogens with zero attached hydrogens (tertiary/aromatic N) is 1. The fourth-order valence-corrected chi connectivity index (χ4v) is 2.28. The van der Waals surface area contributed by atoms with Crippen LogP contribution in [0.1, 0.15) is 16.9 Å². The Kier molecular flexibility index (Phi) is 2.69. The van der Waals surface area contributed by atoms with E-state index in [1.54, 1.807) is 0 Å². The maximum Gasteiger partial charge on any atom is 0.141 e. The van der Waals surface area contributed by atoms with Gasteiger partial charge in [-0.15, -0.1) is 0 Å². The second-order valence-corrected chi connectivity index (χ2v) is 4.55. The normalized spacial score (nSPS) is 15.4. The molecule has 1 aromatic heterocycles. The van der Waals surface area contributed by atoms with E-state index in [1.807, 2.05) is 0 Å². The highest BCUT2D eigenvalue weighted by atomic mass is 16.5. The Morgan fingerprint density at radius 1 is 1.12 bits per heavy atom. The lowest BCUT2D eigenvalue weighted by atomic mass is 10.0. The van der Waals surface area contributed by atoms with Gasteiger partial charge in [-0.2, -0.15) is 0 Å². The molecule has 1 N–H and O–H groups in total. The van der Waals surface area contributed by atoms with Gasteiger partial charge >= 0.3 is 0 Å². The SMILES string of the molecule is Cc1ccc(-c2noc3c2CCNCC3)cc1. The van der Waals surface area contributed by atoms with Crippen molar-refractivity contribution in [2.24, 2.45) is 0 Å². The summed E-state index contributed by atoms with van der Waals surface area (Å²) in [5.74, 6) is 1.05. The molecule has 0 saturated heterocycles. The lowest BCUT2D eigenvalue weighted by Gasteiger charge is -2.01. The molecule has 1 aliphatic heterocycles. The number of hydrogen-bond acceptors (Lipinski definition) is 3. The first-order chi connectivity index (χ1) is 8.34. The van der Waals surface area contributed by atoms with Crippen LogP contribution in [-0.4, -0.2) is 18.2 Å². The smallest absolute Gasteiger partial charge is 0.141 e. The first-order valence-electron chi connectivity index (χ1n) is 6.10. The summed E-state index contributed by atoms with van der Waals surface area (Å²) in [6.45, 7) is 4.08. The largest absolute Gasteiger partial charge is 0.360 e. The zero-order valence-electron chi connectivity index (χ0n) is 9.99. The summed E-state index contributed by atoms with van der Waals surface area (Å²) >= 11 is 0. The first-order valence-corrected chi connectivity index (χ1v) is 6.10. The highest BCUT2D eigenvalue weighted by Gasteiger charge is 2.18. The van der Waals surface area contributed by atoms with Crippen LogP contribution < -0.4 is 5.32 Å². The average molecular weight is 228 g/mol. The summed E-state index contributed by atoms with van der Waals surface area (Å²) < 4.78 is 5.46. The summed E-state index contributed by atoms with van der Waals surface area (Å²) in [4.78, 5) is 0. The van der Waals surface area contributed by atoms with Crippen LogP contribution in [0.3, 0.4) is 0 Å². The van der Waals surface area contributed by atoms with Gasteiger partial charge in [0.25, 0.3) is 0 Å². The molecular formula is C14H16N2O. The Morgan fingerprint density at radius 2 is 1.88 bits per heavy atom. The van der Waals surface area contributed by atoms with E-state index < -0.39 is 0 Å². The first kappa shape index (κ1) is 10.5. The zero-order chi connectivity index (χ0) is 11.7. The minimum Gasteiger partial charge on any atom is -0.360 e. The second-order valence-electron chi connectivity index (χ2n) is 4.55. The standard InChI is InChI=1S/C14H16N2O/c1-10-2-4-11(5-3-10)14-12-6-8-15-9-7-13(12)17-16-14/h2-5,15H,6-9H2,1H3. The van der Waals surface area contributed by atoms with Crippen molar-refractivity contribution in [3.8, 4) is 11.3 Å². The van der Waals surface area contributed by atoms with E-state index in [4.69, 9.17) is 4.52 Å². The van der Waals surface area contributed by atoms with Crippen molar-refractivity contribution in [1.82, 2.24) is 10.5 Å². The van der Waals surface area contributed by atoms with Gasteiger partial charge in [-0.05, 0) is 19.9 Å². The molecule has 0 aliphatic carbocycles. The quantitative estimate of drug-likeness (QED) is 0.814. The summed E-state index contributed by atoms with van der Waals surface area (Å²) in [7, 11) is 0. The number of hydrogen-bond donors (Lipinski definition) is 1. The molecule has 0 spiro atoms. The van der Waals surface area contributed by atoms with Crippen molar-refractivity contribution in [3.05, 3.63) is 41.2 Å². The Labute approximate surface area is 101 Å². The van der Waals surface area contributed by atoms with Gasteiger partial charge in [0.15, 0.2) is 0 Å². The van der Waals surface area contributed by atoms with Crippen molar-refractivity contribution in [2.45, 2.75) is 19.8 Å². The van der Waals surface area contributed by atoms with Gasteiger partial charge in [-0.25, -0.2) is 0 Å². The van der Waals surface area contributed by atoms with Crippen LogP contribution in [0.4, 0.5) is 0 Å². The number of benzene rings is 1. The third-order valence-corrected chi connectivity index (χ3v) is 3.28. The minimum atomic E-state index is 0.939. The van der Waals surface area contributed by atoms with Crippen molar-refractivity contribution < 1.29 is 4.52 Å². The maximum absolute atomic E-state index is 5.46. The lowest BCUT2D eigenvalue weighted by molar-refractivity contribution is 0.384. The molecule has 0 atom stereocenters. The van der Waals surface area contributed by atoms with Crippen molar-refractivity contribution in [3.63, 3.8) is 0 Å². The Hall–Kier alpha value is -1.61. The van der Waals surface area contributed by atoms with Gasteiger partial charge in [0.2, 0.25) is 0 Å². The van der Waals surface area contributed by atoms with E-state index in [9.17, 15) is 0 Å². The molecule has 0 saturated carbocycles. The van der Waals surface area contributed by atoms with Gasteiger partial charge < -0.3 is 9.84 Å². The molecule has 1 aromatic carbocycles. The molecule has 0 amide bonds. The highest BCUT2D eigenvalue weighted by Crippen LogP contribution is 2.27. The molecule has 0 unspecified atom stereocenters. The van der Waals surface area contributed by atoms with Gasteiger partial charge in [-0.3, -0.25) is 0 Å². The van der Waals surface area contributed by atoms with Gasteiger partial charge in [0.05, 0.1) is 0 Å². The summed E-state index contributed by atoms with van der Waals surface area (Å²) in [6, 6.07) is 8.47. The number of fused-ring (bicyclic) bond motifs is 1. The van der Waals surface area contributed by atoms with Crippen molar-refractivity contribution in [1.29, 1.82) is 0 Å². The predicted molar refractivity (Wildman–Crippen MR) is 67.0 cm³/mol. The van der Waals surface area contributed by atoms with Crippen LogP contribution in [0.25, 0.3) is 11.3 Å². The number of aryl methyl sites for hydroxylation is 1. The van der Waals surface area contributed by atoms with Crippen LogP contribution in [0.15, 0.2) is 28.8 Å². The van der Waals surface area contributed by atoms with Gasteiger partial charge in [-0.1, -0.05) is 35.0 Å². The van der Waals surface area contributed by atoms with Crippen molar-refractivity contribution in [2.75, 3.05) is 13.1 Å². The molecule has 0 bridgehead atoms. The Bertz CT molecular complexity index is 514. The molecule has 3 heteroatoms. The zero-order valence-corrected chi connectivity index (χ0v) is 9.99. The molecular weight excluding hydrogens is 212 g/mol.